The molecule has 84 valence electrons. The van der Waals surface area contributed by atoms with Crippen molar-refractivity contribution in [2.75, 3.05) is 19.7 Å². The molecule has 0 amide bonds. The summed E-state index contributed by atoms with van der Waals surface area (Å²) in [6, 6.07) is 4.10. The van der Waals surface area contributed by atoms with Crippen molar-refractivity contribution in [1.82, 2.24) is 4.90 Å². The van der Waals surface area contributed by atoms with Gasteiger partial charge in [0.2, 0.25) is 0 Å². The largest absolute Gasteiger partial charge is 0.394 e. The minimum absolute atomic E-state index is 0.155. The van der Waals surface area contributed by atoms with E-state index in [1.807, 2.05) is 12.1 Å². The fourth-order valence-electron chi connectivity index (χ4n) is 2.12. The van der Waals surface area contributed by atoms with E-state index in [2.05, 4.69) is 4.90 Å². The fraction of sp³-hybridized carbons (Fsp3) is 0.636. The second-order valence-corrected chi connectivity index (χ2v) is 5.68. The number of hydrogen-bond donors (Lipinski definition) is 1. The maximum Gasteiger partial charge on any atom is 0.0931 e. The summed E-state index contributed by atoms with van der Waals surface area (Å²) in [7, 11) is 0. The Morgan fingerprint density at radius 2 is 2.07 bits per heavy atom. The summed E-state index contributed by atoms with van der Waals surface area (Å²) in [5.74, 6) is 0. The molecule has 1 N–H and O–H groups in total. The Hall–Kier alpha value is -0.0900. The lowest BCUT2D eigenvalue weighted by Crippen LogP contribution is -2.35. The average molecular weight is 246 g/mol. The maximum atomic E-state index is 9.46. The summed E-state index contributed by atoms with van der Waals surface area (Å²) in [5, 5.41) is 9.46. The van der Waals surface area contributed by atoms with Crippen LogP contribution in [0.3, 0.4) is 0 Å². The molecule has 2 rings (SSSR count). The normalized spacial score (nSPS) is 20.4. The zero-order valence-corrected chi connectivity index (χ0v) is 10.2. The molecule has 1 aromatic heterocycles. The van der Waals surface area contributed by atoms with Crippen LogP contribution in [0.5, 0.6) is 0 Å². The molecule has 1 aromatic rings. The molecule has 0 saturated carbocycles. The van der Waals surface area contributed by atoms with Crippen LogP contribution in [0.25, 0.3) is 0 Å². The predicted octanol–water partition coefficient (Wildman–Crippen LogP) is 2.92. The van der Waals surface area contributed by atoms with Gasteiger partial charge in [0, 0.05) is 4.88 Å². The Kier molecular flexibility index (Phi) is 4.03. The van der Waals surface area contributed by atoms with E-state index in [9.17, 15) is 5.11 Å². The highest BCUT2D eigenvalue weighted by Gasteiger charge is 2.22. The SMILES string of the molecule is OCC(c1ccc(Cl)s1)N1CCCCC1. The third-order valence-electron chi connectivity index (χ3n) is 2.93. The summed E-state index contributed by atoms with van der Waals surface area (Å²) >= 11 is 7.50. The van der Waals surface area contributed by atoms with E-state index in [0.717, 1.165) is 17.4 Å². The molecule has 1 aliphatic heterocycles. The third-order valence-corrected chi connectivity index (χ3v) is 4.26. The van der Waals surface area contributed by atoms with Crippen LogP contribution in [0.2, 0.25) is 4.34 Å². The van der Waals surface area contributed by atoms with Crippen molar-refractivity contribution in [1.29, 1.82) is 0 Å². The zero-order valence-electron chi connectivity index (χ0n) is 8.66. The lowest BCUT2D eigenvalue weighted by molar-refractivity contribution is 0.106. The molecule has 0 radical (unpaired) electrons. The highest BCUT2D eigenvalue weighted by atomic mass is 35.5. The van der Waals surface area contributed by atoms with Gasteiger partial charge in [0.05, 0.1) is 17.0 Å². The van der Waals surface area contributed by atoms with Crippen LogP contribution < -0.4 is 0 Å². The van der Waals surface area contributed by atoms with Gasteiger partial charge in [0.25, 0.3) is 0 Å². The van der Waals surface area contributed by atoms with E-state index in [1.165, 1.54) is 24.1 Å². The van der Waals surface area contributed by atoms with Crippen LogP contribution in [0.15, 0.2) is 12.1 Å². The Morgan fingerprint density at radius 1 is 1.33 bits per heavy atom. The maximum absolute atomic E-state index is 9.46. The molecule has 0 bridgehead atoms. The first-order valence-electron chi connectivity index (χ1n) is 5.41. The van der Waals surface area contributed by atoms with Crippen molar-refractivity contribution < 1.29 is 5.11 Å². The number of likely N-dealkylation sites (tertiary alicyclic amines) is 1. The summed E-state index contributed by atoms with van der Waals surface area (Å²) in [6.45, 7) is 2.39. The summed E-state index contributed by atoms with van der Waals surface area (Å²) in [4.78, 5) is 3.55. The topological polar surface area (TPSA) is 23.5 Å². The molecule has 15 heavy (non-hydrogen) atoms. The van der Waals surface area contributed by atoms with Gasteiger partial charge in [-0.15, -0.1) is 11.3 Å². The molecule has 2 nitrogen and oxygen atoms in total. The first-order valence-corrected chi connectivity index (χ1v) is 6.61. The number of piperidine rings is 1. The van der Waals surface area contributed by atoms with E-state index in [0.29, 0.717) is 0 Å². The first kappa shape index (κ1) is 11.4. The fourth-order valence-corrected chi connectivity index (χ4v) is 3.31. The number of rotatable bonds is 3. The van der Waals surface area contributed by atoms with Gasteiger partial charge in [0.1, 0.15) is 0 Å². The highest BCUT2D eigenvalue weighted by Crippen LogP contribution is 2.31. The first-order chi connectivity index (χ1) is 7.31. The van der Waals surface area contributed by atoms with Crippen molar-refractivity contribution in [2.24, 2.45) is 0 Å². The molecule has 1 unspecified atom stereocenters. The molecule has 4 heteroatoms. The monoisotopic (exact) mass is 245 g/mol. The number of thiophene rings is 1. The lowest BCUT2D eigenvalue weighted by Gasteiger charge is -2.32. The molecule has 1 saturated heterocycles. The van der Waals surface area contributed by atoms with Gasteiger partial charge in [-0.3, -0.25) is 4.90 Å². The molecule has 0 spiro atoms. The Balaban J connectivity index is 2.08. The molecule has 2 heterocycles. The van der Waals surface area contributed by atoms with E-state index in [1.54, 1.807) is 11.3 Å². The second-order valence-electron chi connectivity index (χ2n) is 3.94. The minimum Gasteiger partial charge on any atom is -0.394 e. The van der Waals surface area contributed by atoms with Gasteiger partial charge in [-0.25, -0.2) is 0 Å². The molecule has 1 fully saturated rings. The summed E-state index contributed by atoms with van der Waals surface area (Å²) in [6.07, 6.45) is 3.81. The Labute approximate surface area is 99.5 Å². The smallest absolute Gasteiger partial charge is 0.0931 e. The van der Waals surface area contributed by atoms with Crippen molar-refractivity contribution >= 4 is 22.9 Å². The molecule has 0 aliphatic carbocycles. The van der Waals surface area contributed by atoms with E-state index < -0.39 is 0 Å². The van der Waals surface area contributed by atoms with Crippen LogP contribution in [0.4, 0.5) is 0 Å². The van der Waals surface area contributed by atoms with E-state index >= 15 is 0 Å². The van der Waals surface area contributed by atoms with Gasteiger partial charge in [0.15, 0.2) is 0 Å². The van der Waals surface area contributed by atoms with Gasteiger partial charge in [-0.2, -0.15) is 0 Å². The lowest BCUT2D eigenvalue weighted by atomic mass is 10.1. The number of aliphatic hydroxyl groups is 1. The van der Waals surface area contributed by atoms with Gasteiger partial charge < -0.3 is 5.11 Å². The summed E-state index contributed by atoms with van der Waals surface area (Å²) < 4.78 is 0.806. The standard InChI is InChI=1S/C11H16ClNOS/c12-11-5-4-10(15-11)9(8-14)13-6-2-1-3-7-13/h4-5,9,14H,1-3,6-8H2. The highest BCUT2D eigenvalue weighted by molar-refractivity contribution is 7.16. The average Bonchev–Trinajstić information content (AvgIpc) is 2.68. The minimum atomic E-state index is 0.155. The van der Waals surface area contributed by atoms with E-state index in [4.69, 9.17) is 11.6 Å². The number of hydrogen-bond acceptors (Lipinski definition) is 3. The van der Waals surface area contributed by atoms with Crippen molar-refractivity contribution in [3.8, 4) is 0 Å². The van der Waals surface area contributed by atoms with Crippen LogP contribution in [0.1, 0.15) is 30.2 Å². The van der Waals surface area contributed by atoms with Gasteiger partial charge in [-0.05, 0) is 38.1 Å². The molecular formula is C11H16ClNOS. The van der Waals surface area contributed by atoms with Crippen molar-refractivity contribution in [3.63, 3.8) is 0 Å². The third kappa shape index (κ3) is 2.72. The van der Waals surface area contributed by atoms with Crippen LogP contribution in [-0.2, 0) is 0 Å². The molecule has 1 aliphatic rings. The predicted molar refractivity (Wildman–Crippen MR) is 64.6 cm³/mol. The van der Waals surface area contributed by atoms with Gasteiger partial charge in [-0.1, -0.05) is 18.0 Å². The van der Waals surface area contributed by atoms with Crippen LogP contribution in [0, 0.1) is 0 Å². The Morgan fingerprint density at radius 3 is 2.60 bits per heavy atom. The second kappa shape index (κ2) is 5.30. The van der Waals surface area contributed by atoms with Crippen LogP contribution in [-0.4, -0.2) is 29.7 Å². The molecule has 0 aromatic carbocycles. The summed E-state index contributed by atoms with van der Waals surface area (Å²) in [5.41, 5.74) is 0. The Bertz CT molecular complexity index is 309. The zero-order chi connectivity index (χ0) is 10.7. The van der Waals surface area contributed by atoms with E-state index in [-0.39, 0.29) is 12.6 Å². The van der Waals surface area contributed by atoms with Gasteiger partial charge >= 0.3 is 0 Å². The number of aliphatic hydroxyl groups excluding tert-OH is 1. The van der Waals surface area contributed by atoms with Crippen molar-refractivity contribution in [3.05, 3.63) is 21.3 Å². The molecular weight excluding hydrogens is 230 g/mol. The number of nitrogens with zero attached hydrogens (tertiary/aromatic N) is 1. The van der Waals surface area contributed by atoms with Crippen molar-refractivity contribution in [2.45, 2.75) is 25.3 Å². The molecule has 1 atom stereocenters. The number of halogens is 1. The quantitative estimate of drug-likeness (QED) is 0.885. The van der Waals surface area contributed by atoms with Crippen LogP contribution >= 0.6 is 22.9 Å².